The highest BCUT2D eigenvalue weighted by molar-refractivity contribution is 7.91. The fourth-order valence-corrected chi connectivity index (χ4v) is 5.05. The van der Waals surface area contributed by atoms with Crippen molar-refractivity contribution in [2.75, 3.05) is 6.54 Å². The monoisotopic (exact) mass is 304 g/mol. The number of hydrogen-bond acceptors (Lipinski definition) is 5. The molecule has 1 aliphatic rings. The Morgan fingerprint density at radius 2 is 2.26 bits per heavy atom. The van der Waals surface area contributed by atoms with Crippen molar-refractivity contribution >= 4 is 27.3 Å². The second-order valence-electron chi connectivity index (χ2n) is 4.80. The molecule has 19 heavy (non-hydrogen) atoms. The van der Waals surface area contributed by atoms with Crippen LogP contribution in [0.4, 0.5) is 0 Å². The summed E-state index contributed by atoms with van der Waals surface area (Å²) in [7, 11) is -3.75. The van der Waals surface area contributed by atoms with Gasteiger partial charge in [-0.05, 0) is 25.7 Å². The zero-order chi connectivity index (χ0) is 14.2. The maximum Gasteiger partial charge on any atom is 0.322 e. The largest absolute Gasteiger partial charge is 0.480 e. The Labute approximate surface area is 116 Å². The van der Waals surface area contributed by atoms with E-state index >= 15 is 0 Å². The van der Waals surface area contributed by atoms with Crippen LogP contribution in [-0.4, -0.2) is 41.4 Å². The molecule has 1 saturated heterocycles. The summed E-state index contributed by atoms with van der Waals surface area (Å²) in [5, 5.41) is 9.87. The van der Waals surface area contributed by atoms with E-state index in [9.17, 15) is 18.3 Å². The molecule has 1 aromatic heterocycles. The molecule has 0 bridgehead atoms. The molecule has 2 heterocycles. The Morgan fingerprint density at radius 1 is 1.58 bits per heavy atom. The number of carboxylic acid groups (broad SMARTS) is 1. The zero-order valence-corrected chi connectivity index (χ0v) is 12.4. The second-order valence-corrected chi connectivity index (χ2v) is 8.15. The van der Waals surface area contributed by atoms with Gasteiger partial charge in [-0.15, -0.1) is 11.3 Å². The summed E-state index contributed by atoms with van der Waals surface area (Å²) in [6.45, 7) is 3.91. The molecule has 1 fully saturated rings. The molecular formula is C11H16N2O4S2. The fraction of sp³-hybridized carbons (Fsp3) is 0.636. The van der Waals surface area contributed by atoms with E-state index in [2.05, 4.69) is 4.98 Å². The molecule has 0 amide bonds. The molecule has 0 radical (unpaired) electrons. The summed E-state index contributed by atoms with van der Waals surface area (Å²) in [4.78, 5) is 15.2. The third-order valence-electron chi connectivity index (χ3n) is 3.26. The predicted octanol–water partition coefficient (Wildman–Crippen LogP) is 1.33. The molecule has 1 aliphatic heterocycles. The number of aryl methyl sites for hydroxylation is 1. The summed E-state index contributed by atoms with van der Waals surface area (Å²) in [5.41, 5.74) is 0. The van der Waals surface area contributed by atoms with Crippen molar-refractivity contribution in [1.29, 1.82) is 0 Å². The SMILES string of the molecule is Cc1ncc(S(=O)(=O)N2CCC(C)CC2C(=O)O)s1. The Kier molecular flexibility index (Phi) is 3.93. The lowest BCUT2D eigenvalue weighted by Gasteiger charge is -2.34. The van der Waals surface area contributed by atoms with Gasteiger partial charge in [-0.25, -0.2) is 13.4 Å². The van der Waals surface area contributed by atoms with Crippen molar-refractivity contribution in [3.63, 3.8) is 0 Å². The number of rotatable bonds is 3. The molecule has 1 N–H and O–H groups in total. The van der Waals surface area contributed by atoms with Crippen LogP contribution in [0.3, 0.4) is 0 Å². The van der Waals surface area contributed by atoms with Gasteiger partial charge in [0, 0.05) is 6.54 Å². The van der Waals surface area contributed by atoms with Crippen LogP contribution in [0.2, 0.25) is 0 Å². The average Bonchev–Trinajstić information content (AvgIpc) is 2.76. The van der Waals surface area contributed by atoms with E-state index < -0.39 is 22.0 Å². The lowest BCUT2D eigenvalue weighted by Crippen LogP contribution is -2.49. The molecule has 0 aromatic carbocycles. The van der Waals surface area contributed by atoms with Crippen LogP contribution in [0.15, 0.2) is 10.4 Å². The van der Waals surface area contributed by atoms with Crippen molar-refractivity contribution in [2.24, 2.45) is 5.92 Å². The van der Waals surface area contributed by atoms with Crippen molar-refractivity contribution in [1.82, 2.24) is 9.29 Å². The van der Waals surface area contributed by atoms with E-state index in [1.807, 2.05) is 6.92 Å². The summed E-state index contributed by atoms with van der Waals surface area (Å²) in [5.74, 6) is -0.868. The molecule has 106 valence electrons. The molecule has 0 saturated carbocycles. The average molecular weight is 304 g/mol. The normalized spacial score (nSPS) is 25.4. The van der Waals surface area contributed by atoms with E-state index in [1.165, 1.54) is 6.20 Å². The maximum absolute atomic E-state index is 12.5. The first-order chi connectivity index (χ1) is 8.82. The third-order valence-corrected chi connectivity index (χ3v) is 6.52. The van der Waals surface area contributed by atoms with Crippen LogP contribution < -0.4 is 0 Å². The van der Waals surface area contributed by atoms with Crippen molar-refractivity contribution < 1.29 is 18.3 Å². The molecule has 2 atom stereocenters. The molecule has 2 rings (SSSR count). The number of aliphatic carboxylic acids is 1. The van der Waals surface area contributed by atoms with Gasteiger partial charge in [-0.1, -0.05) is 6.92 Å². The van der Waals surface area contributed by atoms with Crippen LogP contribution in [0.1, 0.15) is 24.8 Å². The Balaban J connectivity index is 2.35. The summed E-state index contributed by atoms with van der Waals surface area (Å²) < 4.78 is 26.1. The third kappa shape index (κ3) is 2.80. The lowest BCUT2D eigenvalue weighted by molar-refractivity contribution is -0.142. The number of piperidine rings is 1. The van der Waals surface area contributed by atoms with Crippen molar-refractivity contribution in [3.05, 3.63) is 11.2 Å². The maximum atomic E-state index is 12.5. The van der Waals surface area contributed by atoms with Gasteiger partial charge in [0.1, 0.15) is 6.04 Å². The Bertz CT molecular complexity index is 581. The minimum absolute atomic E-state index is 0.116. The Hall–Kier alpha value is -0.990. The van der Waals surface area contributed by atoms with Gasteiger partial charge in [-0.3, -0.25) is 4.79 Å². The van der Waals surface area contributed by atoms with Gasteiger partial charge in [-0.2, -0.15) is 4.31 Å². The predicted molar refractivity (Wildman–Crippen MR) is 70.6 cm³/mol. The van der Waals surface area contributed by atoms with Crippen molar-refractivity contribution in [3.8, 4) is 0 Å². The minimum Gasteiger partial charge on any atom is -0.480 e. The number of carbonyl (C=O) groups is 1. The number of nitrogens with zero attached hydrogens (tertiary/aromatic N) is 2. The quantitative estimate of drug-likeness (QED) is 0.910. The Morgan fingerprint density at radius 3 is 2.79 bits per heavy atom. The molecule has 6 nitrogen and oxygen atoms in total. The standard InChI is InChI=1S/C11H16N2O4S2/c1-7-3-4-13(9(5-7)11(14)15)19(16,17)10-6-12-8(2)18-10/h6-7,9H,3-5H2,1-2H3,(H,14,15). The van der Waals surface area contributed by atoms with Gasteiger partial charge < -0.3 is 5.11 Å². The zero-order valence-electron chi connectivity index (χ0n) is 10.7. The molecule has 0 aliphatic carbocycles. The summed E-state index contributed by atoms with van der Waals surface area (Å²) >= 11 is 1.07. The van der Waals surface area contributed by atoms with Crippen LogP contribution >= 0.6 is 11.3 Å². The molecule has 0 spiro atoms. The van der Waals surface area contributed by atoms with Gasteiger partial charge in [0.05, 0.1) is 11.2 Å². The van der Waals surface area contributed by atoms with Crippen LogP contribution in [0.5, 0.6) is 0 Å². The number of aromatic nitrogens is 1. The van der Waals surface area contributed by atoms with E-state index in [0.29, 0.717) is 17.8 Å². The number of carboxylic acids is 1. The first-order valence-corrected chi connectivity index (χ1v) is 8.25. The molecule has 2 unspecified atom stereocenters. The lowest BCUT2D eigenvalue weighted by atomic mass is 9.94. The van der Waals surface area contributed by atoms with E-state index in [4.69, 9.17) is 0 Å². The highest BCUT2D eigenvalue weighted by Gasteiger charge is 2.40. The minimum atomic E-state index is -3.75. The van der Waals surface area contributed by atoms with Gasteiger partial charge in [0.15, 0.2) is 4.21 Å². The number of sulfonamides is 1. The van der Waals surface area contributed by atoms with E-state index in [0.717, 1.165) is 15.6 Å². The summed E-state index contributed by atoms with van der Waals surface area (Å²) in [6.07, 6.45) is 2.33. The van der Waals surface area contributed by atoms with Gasteiger partial charge in [0.2, 0.25) is 0 Å². The number of thiazole rings is 1. The first kappa shape index (κ1) is 14.4. The fourth-order valence-electron chi connectivity index (χ4n) is 2.21. The van der Waals surface area contributed by atoms with E-state index in [1.54, 1.807) is 6.92 Å². The molecule has 8 heteroatoms. The summed E-state index contributed by atoms with van der Waals surface area (Å²) in [6, 6.07) is -0.976. The topological polar surface area (TPSA) is 87.6 Å². The van der Waals surface area contributed by atoms with Gasteiger partial charge >= 0.3 is 5.97 Å². The van der Waals surface area contributed by atoms with Crippen LogP contribution in [0.25, 0.3) is 0 Å². The highest BCUT2D eigenvalue weighted by Crippen LogP contribution is 2.30. The first-order valence-electron chi connectivity index (χ1n) is 5.99. The van der Waals surface area contributed by atoms with Crippen LogP contribution in [0, 0.1) is 12.8 Å². The smallest absolute Gasteiger partial charge is 0.322 e. The van der Waals surface area contributed by atoms with E-state index in [-0.39, 0.29) is 16.7 Å². The molecular weight excluding hydrogens is 288 g/mol. The van der Waals surface area contributed by atoms with Crippen molar-refractivity contribution in [2.45, 2.75) is 36.9 Å². The van der Waals surface area contributed by atoms with Crippen LogP contribution in [-0.2, 0) is 14.8 Å². The second kappa shape index (κ2) is 5.18. The number of hydrogen-bond donors (Lipinski definition) is 1. The van der Waals surface area contributed by atoms with Gasteiger partial charge in [0.25, 0.3) is 10.0 Å². The molecule has 1 aromatic rings. The highest BCUT2D eigenvalue weighted by atomic mass is 32.2.